The molecule has 2 N–H and O–H groups in total. The maximum atomic E-state index is 14.3. The van der Waals surface area contributed by atoms with E-state index in [9.17, 15) is 17.6 Å². The van der Waals surface area contributed by atoms with Gasteiger partial charge in [-0.1, -0.05) is 23.2 Å². The number of rotatable bonds is 9. The Kier molecular flexibility index (Phi) is 8.21. The van der Waals surface area contributed by atoms with Gasteiger partial charge in [-0.2, -0.15) is 0 Å². The Morgan fingerprint density at radius 2 is 1.93 bits per heavy atom. The van der Waals surface area contributed by atoms with Gasteiger partial charge >= 0.3 is 0 Å². The van der Waals surface area contributed by atoms with Gasteiger partial charge in [0.15, 0.2) is 0 Å². The summed E-state index contributed by atoms with van der Waals surface area (Å²) in [5.41, 5.74) is -0.0653. The van der Waals surface area contributed by atoms with E-state index in [0.29, 0.717) is 24.7 Å². The Labute approximate surface area is 173 Å². The molecule has 0 aromatic heterocycles. The summed E-state index contributed by atoms with van der Waals surface area (Å²) < 4.78 is 46.2. The molecule has 10 heteroatoms. The number of carbonyl (C=O) groups excluding carboxylic acids is 1. The van der Waals surface area contributed by atoms with Gasteiger partial charge < -0.3 is 10.1 Å². The van der Waals surface area contributed by atoms with Crippen molar-refractivity contribution in [3.05, 3.63) is 57.8 Å². The zero-order valence-corrected chi connectivity index (χ0v) is 17.3. The van der Waals surface area contributed by atoms with E-state index in [2.05, 4.69) is 10.0 Å². The molecule has 0 fully saturated rings. The number of hydrogen-bond acceptors (Lipinski definition) is 4. The summed E-state index contributed by atoms with van der Waals surface area (Å²) in [6, 6.07) is 7.48. The first-order valence-electron chi connectivity index (χ1n) is 8.38. The fourth-order valence-electron chi connectivity index (χ4n) is 2.24. The Morgan fingerprint density at radius 3 is 2.57 bits per heavy atom. The minimum Gasteiger partial charge on any atom is -0.382 e. The molecule has 0 aliphatic heterocycles. The van der Waals surface area contributed by atoms with E-state index in [0.717, 1.165) is 6.07 Å². The third-order valence-corrected chi connectivity index (χ3v) is 5.64. The highest BCUT2D eigenvalue weighted by atomic mass is 35.5. The van der Waals surface area contributed by atoms with Crippen molar-refractivity contribution in [1.82, 2.24) is 4.72 Å². The van der Waals surface area contributed by atoms with Crippen molar-refractivity contribution in [2.24, 2.45) is 0 Å². The average Bonchev–Trinajstić information content (AvgIpc) is 2.63. The van der Waals surface area contributed by atoms with Gasteiger partial charge in [-0.3, -0.25) is 4.79 Å². The van der Waals surface area contributed by atoms with E-state index in [1.807, 2.05) is 6.92 Å². The molecule has 0 radical (unpaired) electrons. The molecule has 0 atom stereocenters. The number of sulfonamides is 1. The van der Waals surface area contributed by atoms with Gasteiger partial charge in [-0.15, -0.1) is 0 Å². The molecule has 2 aromatic carbocycles. The summed E-state index contributed by atoms with van der Waals surface area (Å²) in [6.07, 6.45) is 0.492. The number of benzene rings is 2. The van der Waals surface area contributed by atoms with Crippen LogP contribution >= 0.6 is 23.2 Å². The highest BCUT2D eigenvalue weighted by Gasteiger charge is 2.18. The summed E-state index contributed by atoms with van der Waals surface area (Å²) >= 11 is 11.7. The lowest BCUT2D eigenvalue weighted by Crippen LogP contribution is -2.25. The molecule has 0 saturated carbocycles. The second-order valence-corrected chi connectivity index (χ2v) is 8.28. The van der Waals surface area contributed by atoms with Gasteiger partial charge in [0.1, 0.15) is 5.82 Å². The molecule has 0 spiro atoms. The molecular formula is C18H19Cl2FN2O4S. The van der Waals surface area contributed by atoms with Crippen LogP contribution in [0.4, 0.5) is 10.1 Å². The zero-order valence-electron chi connectivity index (χ0n) is 15.0. The maximum absolute atomic E-state index is 14.3. The van der Waals surface area contributed by atoms with E-state index in [1.165, 1.54) is 30.3 Å². The SMILES string of the molecule is CCOCCCNS(=O)(=O)c1ccc(NC(=O)c2ccc(Cl)cc2Cl)c(F)c1. The van der Waals surface area contributed by atoms with Crippen LogP contribution in [-0.4, -0.2) is 34.1 Å². The van der Waals surface area contributed by atoms with Crippen LogP contribution in [0.3, 0.4) is 0 Å². The van der Waals surface area contributed by atoms with Crippen molar-refractivity contribution in [2.75, 3.05) is 25.1 Å². The molecule has 28 heavy (non-hydrogen) atoms. The molecule has 2 aromatic rings. The van der Waals surface area contributed by atoms with Crippen LogP contribution in [0.1, 0.15) is 23.7 Å². The lowest BCUT2D eigenvalue weighted by molar-refractivity contribution is 0.102. The molecule has 0 unspecified atom stereocenters. The number of ether oxygens (including phenoxy) is 1. The number of hydrogen-bond donors (Lipinski definition) is 2. The number of amides is 1. The molecule has 0 saturated heterocycles. The smallest absolute Gasteiger partial charge is 0.257 e. The molecule has 0 bridgehead atoms. The van der Waals surface area contributed by atoms with Crippen molar-refractivity contribution in [1.29, 1.82) is 0 Å². The van der Waals surface area contributed by atoms with Crippen LogP contribution in [-0.2, 0) is 14.8 Å². The third-order valence-electron chi connectivity index (χ3n) is 3.64. The lowest BCUT2D eigenvalue weighted by Gasteiger charge is -2.11. The minimum atomic E-state index is -3.87. The van der Waals surface area contributed by atoms with Crippen LogP contribution in [0.5, 0.6) is 0 Å². The Hall–Kier alpha value is -1.71. The van der Waals surface area contributed by atoms with Crippen molar-refractivity contribution >= 4 is 44.8 Å². The fraction of sp³-hybridized carbons (Fsp3) is 0.278. The molecule has 0 aliphatic rings. The van der Waals surface area contributed by atoms with Gasteiger partial charge in [0.25, 0.3) is 5.91 Å². The van der Waals surface area contributed by atoms with Crippen LogP contribution in [0.25, 0.3) is 0 Å². The monoisotopic (exact) mass is 448 g/mol. The van der Waals surface area contributed by atoms with Gasteiger partial charge in [0, 0.05) is 24.8 Å². The summed E-state index contributed by atoms with van der Waals surface area (Å²) in [5, 5.41) is 2.83. The molecule has 2 rings (SSSR count). The van der Waals surface area contributed by atoms with Crippen molar-refractivity contribution < 1.29 is 22.3 Å². The highest BCUT2D eigenvalue weighted by Crippen LogP contribution is 2.24. The van der Waals surface area contributed by atoms with Gasteiger partial charge in [0.2, 0.25) is 10.0 Å². The lowest BCUT2D eigenvalue weighted by atomic mass is 10.2. The molecule has 0 aliphatic carbocycles. The Balaban J connectivity index is 2.08. The summed E-state index contributed by atoms with van der Waals surface area (Å²) in [5.74, 6) is -1.54. The first kappa shape index (κ1) is 22.6. The van der Waals surface area contributed by atoms with Crippen molar-refractivity contribution in [3.8, 4) is 0 Å². The normalized spacial score (nSPS) is 11.4. The van der Waals surface area contributed by atoms with E-state index in [1.54, 1.807) is 0 Å². The number of carbonyl (C=O) groups is 1. The topological polar surface area (TPSA) is 84.5 Å². The fourth-order valence-corrected chi connectivity index (χ4v) is 3.82. The number of halogens is 3. The summed E-state index contributed by atoms with van der Waals surface area (Å²) in [4.78, 5) is 12.0. The molecule has 152 valence electrons. The minimum absolute atomic E-state index is 0.109. The van der Waals surface area contributed by atoms with E-state index < -0.39 is 21.7 Å². The van der Waals surface area contributed by atoms with Crippen LogP contribution in [0.15, 0.2) is 41.3 Å². The zero-order chi connectivity index (χ0) is 20.7. The highest BCUT2D eigenvalue weighted by molar-refractivity contribution is 7.89. The van der Waals surface area contributed by atoms with Crippen molar-refractivity contribution in [2.45, 2.75) is 18.2 Å². The summed E-state index contributed by atoms with van der Waals surface area (Å²) in [6.45, 7) is 2.98. The van der Waals surface area contributed by atoms with Crippen LogP contribution in [0, 0.1) is 5.82 Å². The molecular weight excluding hydrogens is 430 g/mol. The van der Waals surface area contributed by atoms with E-state index >= 15 is 0 Å². The quantitative estimate of drug-likeness (QED) is 0.565. The Bertz CT molecular complexity index is 955. The summed E-state index contributed by atoms with van der Waals surface area (Å²) in [7, 11) is -3.87. The average molecular weight is 449 g/mol. The molecule has 1 amide bonds. The van der Waals surface area contributed by atoms with Crippen LogP contribution < -0.4 is 10.0 Å². The van der Waals surface area contributed by atoms with Crippen molar-refractivity contribution in [3.63, 3.8) is 0 Å². The predicted octanol–water partition coefficient (Wildman–Crippen LogP) is 4.09. The van der Waals surface area contributed by atoms with Gasteiger partial charge in [-0.25, -0.2) is 17.5 Å². The Morgan fingerprint density at radius 1 is 1.18 bits per heavy atom. The second kappa shape index (κ2) is 10.2. The second-order valence-electron chi connectivity index (χ2n) is 5.67. The third kappa shape index (κ3) is 6.15. The predicted molar refractivity (Wildman–Crippen MR) is 107 cm³/mol. The van der Waals surface area contributed by atoms with Gasteiger partial charge in [0.05, 0.1) is 21.2 Å². The first-order valence-corrected chi connectivity index (χ1v) is 10.6. The standard InChI is InChI=1S/C18H19Cl2FN2O4S/c1-2-27-9-3-8-22-28(25,26)13-5-7-17(16(21)11-13)23-18(24)14-6-4-12(19)10-15(14)20/h4-7,10-11,22H,2-3,8-9H2,1H3,(H,23,24). The molecule has 0 heterocycles. The van der Waals surface area contributed by atoms with Crippen LogP contribution in [0.2, 0.25) is 10.0 Å². The molecule has 6 nitrogen and oxygen atoms in total. The number of anilines is 1. The van der Waals surface area contributed by atoms with E-state index in [-0.39, 0.29) is 27.7 Å². The first-order chi connectivity index (χ1) is 13.2. The number of nitrogens with one attached hydrogen (secondary N) is 2. The van der Waals surface area contributed by atoms with E-state index in [4.69, 9.17) is 27.9 Å². The van der Waals surface area contributed by atoms with Gasteiger partial charge in [-0.05, 0) is 49.7 Å². The maximum Gasteiger partial charge on any atom is 0.257 e. The largest absolute Gasteiger partial charge is 0.382 e.